The van der Waals surface area contributed by atoms with Gasteiger partial charge in [0.2, 0.25) is 0 Å². The zero-order chi connectivity index (χ0) is 15.0. The molecule has 0 aromatic carbocycles. The Kier molecular flexibility index (Phi) is 4.45. The molecule has 3 heteroatoms. The zero-order valence-corrected chi connectivity index (χ0v) is 14.8. The van der Waals surface area contributed by atoms with Gasteiger partial charge in [-0.1, -0.05) is 26.7 Å². The van der Waals surface area contributed by atoms with Crippen LogP contribution in [0.1, 0.15) is 62.3 Å². The third kappa shape index (κ3) is 3.06. The number of thiophene rings is 1. The van der Waals surface area contributed by atoms with Crippen LogP contribution >= 0.6 is 11.3 Å². The Morgan fingerprint density at radius 2 is 1.95 bits per heavy atom. The van der Waals surface area contributed by atoms with Gasteiger partial charge in [-0.2, -0.15) is 0 Å². The van der Waals surface area contributed by atoms with Crippen LogP contribution in [-0.2, 0) is 0 Å². The molecule has 1 aliphatic heterocycles. The van der Waals surface area contributed by atoms with E-state index >= 15 is 0 Å². The van der Waals surface area contributed by atoms with Crippen molar-refractivity contribution in [3.05, 3.63) is 21.9 Å². The number of rotatable bonds is 3. The Balaban J connectivity index is 1.83. The van der Waals surface area contributed by atoms with E-state index < -0.39 is 0 Å². The monoisotopic (exact) mass is 306 g/mol. The molecule has 1 saturated heterocycles. The summed E-state index contributed by atoms with van der Waals surface area (Å²) in [5.41, 5.74) is 0.409. The molecule has 0 radical (unpaired) electrons. The summed E-state index contributed by atoms with van der Waals surface area (Å²) in [6.07, 6.45) is 5.54. The molecule has 118 valence electrons. The third-order valence-corrected chi connectivity index (χ3v) is 6.77. The Hall–Kier alpha value is -0.380. The van der Waals surface area contributed by atoms with E-state index in [0.717, 1.165) is 6.54 Å². The lowest BCUT2D eigenvalue weighted by molar-refractivity contribution is 0.0278. The third-order valence-electron chi connectivity index (χ3n) is 5.60. The molecule has 1 aliphatic carbocycles. The van der Waals surface area contributed by atoms with Crippen LogP contribution in [0.4, 0.5) is 0 Å². The molecule has 2 nitrogen and oxygen atoms in total. The maximum absolute atomic E-state index is 3.93. The van der Waals surface area contributed by atoms with Crippen molar-refractivity contribution in [3.63, 3.8) is 0 Å². The van der Waals surface area contributed by atoms with Crippen LogP contribution in [0.15, 0.2) is 12.1 Å². The zero-order valence-electron chi connectivity index (χ0n) is 14.0. The number of hydrogen-bond acceptors (Lipinski definition) is 3. The van der Waals surface area contributed by atoms with Crippen LogP contribution in [0.5, 0.6) is 0 Å². The predicted octanol–water partition coefficient (Wildman–Crippen LogP) is 4.36. The normalized spacial score (nSPS) is 27.6. The Labute approximate surface area is 133 Å². The summed E-state index contributed by atoms with van der Waals surface area (Å²) >= 11 is 1.97. The topological polar surface area (TPSA) is 15.3 Å². The highest BCUT2D eigenvalue weighted by molar-refractivity contribution is 7.12. The molecule has 3 rings (SSSR count). The van der Waals surface area contributed by atoms with Crippen molar-refractivity contribution < 1.29 is 0 Å². The maximum atomic E-state index is 3.93. The highest BCUT2D eigenvalue weighted by Crippen LogP contribution is 2.38. The van der Waals surface area contributed by atoms with Crippen molar-refractivity contribution in [1.82, 2.24) is 10.2 Å². The number of aryl methyl sites for hydroxylation is 1. The summed E-state index contributed by atoms with van der Waals surface area (Å²) in [4.78, 5) is 5.77. The average Bonchev–Trinajstić information content (AvgIpc) is 3.07. The van der Waals surface area contributed by atoms with E-state index in [9.17, 15) is 0 Å². The summed E-state index contributed by atoms with van der Waals surface area (Å²) in [5, 5.41) is 3.93. The molecule has 2 heterocycles. The van der Waals surface area contributed by atoms with Crippen LogP contribution in [0.2, 0.25) is 0 Å². The molecule has 1 aromatic heterocycles. The highest BCUT2D eigenvalue weighted by Gasteiger charge is 2.43. The first-order valence-corrected chi connectivity index (χ1v) is 9.39. The van der Waals surface area contributed by atoms with Crippen molar-refractivity contribution in [1.29, 1.82) is 0 Å². The molecule has 0 bridgehead atoms. The fraction of sp³-hybridized carbons (Fsp3) is 0.778. The standard InChI is InChI=1S/C18H30N2S/c1-13(2)16-11-19-18(9-5-6-10-18)12-20(16)15(4)17-8-7-14(3)21-17/h7-8,13,15-16,19H,5-6,9-12H2,1-4H3. The number of nitrogens with one attached hydrogen (secondary N) is 1. The second-order valence-corrected chi connectivity index (χ2v) is 8.80. The van der Waals surface area contributed by atoms with E-state index in [4.69, 9.17) is 0 Å². The first kappa shape index (κ1) is 15.5. The second kappa shape index (κ2) is 6.02. The van der Waals surface area contributed by atoms with Gasteiger partial charge < -0.3 is 5.32 Å². The van der Waals surface area contributed by atoms with Gasteiger partial charge in [0.15, 0.2) is 0 Å². The first-order valence-electron chi connectivity index (χ1n) is 8.58. The summed E-state index contributed by atoms with van der Waals surface area (Å²) < 4.78 is 0. The summed E-state index contributed by atoms with van der Waals surface area (Å²) in [7, 11) is 0. The molecule has 1 N–H and O–H groups in total. The Morgan fingerprint density at radius 1 is 1.24 bits per heavy atom. The minimum absolute atomic E-state index is 0.409. The van der Waals surface area contributed by atoms with Gasteiger partial charge >= 0.3 is 0 Å². The van der Waals surface area contributed by atoms with E-state index in [-0.39, 0.29) is 0 Å². The maximum Gasteiger partial charge on any atom is 0.0417 e. The molecule has 2 fully saturated rings. The molecule has 1 aromatic rings. The van der Waals surface area contributed by atoms with E-state index in [1.807, 2.05) is 11.3 Å². The molecule has 1 spiro atoms. The van der Waals surface area contributed by atoms with Gasteiger partial charge in [0.05, 0.1) is 0 Å². The smallest absolute Gasteiger partial charge is 0.0417 e. The van der Waals surface area contributed by atoms with Crippen LogP contribution in [0, 0.1) is 12.8 Å². The fourth-order valence-electron chi connectivity index (χ4n) is 4.23. The average molecular weight is 307 g/mol. The number of nitrogens with zero attached hydrogens (tertiary/aromatic N) is 1. The summed E-state index contributed by atoms with van der Waals surface area (Å²) in [6.45, 7) is 11.8. The van der Waals surface area contributed by atoms with Crippen LogP contribution in [-0.4, -0.2) is 29.6 Å². The van der Waals surface area contributed by atoms with Gasteiger partial charge in [-0.25, -0.2) is 0 Å². The van der Waals surface area contributed by atoms with E-state index in [1.54, 1.807) is 0 Å². The minimum atomic E-state index is 0.409. The van der Waals surface area contributed by atoms with Crippen LogP contribution in [0.3, 0.4) is 0 Å². The number of hydrogen-bond donors (Lipinski definition) is 1. The fourth-order valence-corrected chi connectivity index (χ4v) is 5.18. The first-order chi connectivity index (χ1) is 10.0. The van der Waals surface area contributed by atoms with Crippen molar-refractivity contribution >= 4 is 11.3 Å². The van der Waals surface area contributed by atoms with Crippen LogP contribution in [0.25, 0.3) is 0 Å². The van der Waals surface area contributed by atoms with Crippen LogP contribution < -0.4 is 5.32 Å². The van der Waals surface area contributed by atoms with Gasteiger partial charge in [0.1, 0.15) is 0 Å². The van der Waals surface area contributed by atoms with Gasteiger partial charge in [-0.3, -0.25) is 4.90 Å². The van der Waals surface area contributed by atoms with Gasteiger partial charge in [-0.15, -0.1) is 11.3 Å². The minimum Gasteiger partial charge on any atom is -0.308 e. The Morgan fingerprint density at radius 3 is 2.52 bits per heavy atom. The van der Waals surface area contributed by atoms with Gasteiger partial charge in [-0.05, 0) is 44.7 Å². The van der Waals surface area contributed by atoms with Crippen molar-refractivity contribution in [2.45, 2.75) is 71.0 Å². The molecule has 2 atom stereocenters. The quantitative estimate of drug-likeness (QED) is 0.892. The Bertz CT molecular complexity index is 473. The van der Waals surface area contributed by atoms with Crippen molar-refractivity contribution in [2.75, 3.05) is 13.1 Å². The summed E-state index contributed by atoms with van der Waals surface area (Å²) in [6, 6.07) is 5.82. The van der Waals surface area contributed by atoms with Crippen molar-refractivity contribution in [2.24, 2.45) is 5.92 Å². The van der Waals surface area contributed by atoms with Gasteiger partial charge in [0.25, 0.3) is 0 Å². The second-order valence-electron chi connectivity index (χ2n) is 7.48. The van der Waals surface area contributed by atoms with E-state index in [2.05, 4.69) is 50.0 Å². The van der Waals surface area contributed by atoms with E-state index in [1.165, 1.54) is 42.0 Å². The molecule has 0 amide bonds. The molecule has 2 unspecified atom stereocenters. The van der Waals surface area contributed by atoms with E-state index in [0.29, 0.717) is 23.5 Å². The largest absolute Gasteiger partial charge is 0.308 e. The molecule has 2 aliphatic rings. The lowest BCUT2D eigenvalue weighted by Crippen LogP contribution is -2.64. The molecule has 1 saturated carbocycles. The lowest BCUT2D eigenvalue weighted by Gasteiger charge is -2.50. The lowest BCUT2D eigenvalue weighted by atomic mass is 9.88. The SMILES string of the molecule is Cc1ccc(C(C)N2CC3(CCCC3)NCC2C(C)C)s1. The van der Waals surface area contributed by atoms with Gasteiger partial charge in [0, 0.05) is 40.5 Å². The molecule has 21 heavy (non-hydrogen) atoms. The highest BCUT2D eigenvalue weighted by atomic mass is 32.1. The van der Waals surface area contributed by atoms with Crippen molar-refractivity contribution in [3.8, 4) is 0 Å². The molecular formula is C18H30N2S. The summed E-state index contributed by atoms with van der Waals surface area (Å²) in [5.74, 6) is 0.708. The number of piperazine rings is 1. The predicted molar refractivity (Wildman–Crippen MR) is 92.0 cm³/mol. The molecular weight excluding hydrogens is 276 g/mol.